The molecule has 7 heteroatoms. The first-order valence-electron chi connectivity index (χ1n) is 12.0. The Morgan fingerprint density at radius 2 is 1.41 bits per heavy atom. The average molecular weight is 481 g/mol. The molecule has 0 bridgehead atoms. The van der Waals surface area contributed by atoms with Crippen molar-refractivity contribution >= 4 is 27.8 Å². The van der Waals surface area contributed by atoms with Gasteiger partial charge in [-0.15, -0.1) is 0 Å². The number of ketones is 1. The number of carbonyl (C=O) groups excluding carboxylic acids is 2. The highest BCUT2D eigenvalue weighted by Gasteiger charge is 2.34. The molecule has 1 amide bonds. The molecule has 2 heterocycles. The number of benzene rings is 2. The van der Waals surface area contributed by atoms with Crippen LogP contribution in [0.25, 0.3) is 6.08 Å². The van der Waals surface area contributed by atoms with Crippen LogP contribution in [0.2, 0.25) is 0 Å². The number of sulfonamides is 1. The lowest BCUT2D eigenvalue weighted by atomic mass is 9.87. The third-order valence-electron chi connectivity index (χ3n) is 6.91. The molecule has 0 aliphatic carbocycles. The van der Waals surface area contributed by atoms with Crippen LogP contribution < -0.4 is 0 Å². The van der Waals surface area contributed by atoms with E-state index >= 15 is 0 Å². The topological polar surface area (TPSA) is 74.8 Å². The molecule has 180 valence electrons. The van der Waals surface area contributed by atoms with Crippen LogP contribution in [0, 0.1) is 18.8 Å². The molecule has 2 aliphatic heterocycles. The number of hydrogen-bond donors (Lipinski definition) is 0. The number of hydrogen-bond acceptors (Lipinski definition) is 4. The zero-order valence-electron chi connectivity index (χ0n) is 19.6. The molecule has 0 unspecified atom stereocenters. The minimum absolute atomic E-state index is 0.0462. The number of nitrogens with zero attached hydrogens (tertiary/aromatic N) is 2. The Kier molecular flexibility index (Phi) is 7.63. The molecule has 2 aromatic rings. The van der Waals surface area contributed by atoms with Crippen LogP contribution >= 0.6 is 0 Å². The molecule has 34 heavy (non-hydrogen) atoms. The number of likely N-dealkylation sites (tertiary alicyclic amines) is 1. The highest BCUT2D eigenvalue weighted by Crippen LogP contribution is 2.27. The molecule has 0 spiro atoms. The predicted octanol–water partition coefficient (Wildman–Crippen LogP) is 4.13. The van der Waals surface area contributed by atoms with Crippen molar-refractivity contribution in [1.82, 2.24) is 9.21 Å². The quantitative estimate of drug-likeness (QED) is 0.583. The van der Waals surface area contributed by atoms with Crippen molar-refractivity contribution in [3.8, 4) is 0 Å². The Morgan fingerprint density at radius 3 is 2.03 bits per heavy atom. The first kappa shape index (κ1) is 24.4. The Morgan fingerprint density at radius 1 is 0.824 bits per heavy atom. The van der Waals surface area contributed by atoms with Crippen LogP contribution in [-0.4, -0.2) is 55.5 Å². The van der Waals surface area contributed by atoms with Crippen molar-refractivity contribution in [3.05, 3.63) is 76.7 Å². The van der Waals surface area contributed by atoms with E-state index in [1.807, 2.05) is 66.4 Å². The number of amides is 1. The summed E-state index contributed by atoms with van der Waals surface area (Å²) < 4.78 is 26.8. The summed E-state index contributed by atoms with van der Waals surface area (Å²) in [5.41, 5.74) is 2.70. The maximum atomic E-state index is 13.1. The summed E-state index contributed by atoms with van der Waals surface area (Å²) in [6.07, 6.45) is 4.01. The van der Waals surface area contributed by atoms with Crippen LogP contribution in [0.4, 0.5) is 0 Å². The minimum Gasteiger partial charge on any atom is -0.342 e. The van der Waals surface area contributed by atoms with Crippen molar-refractivity contribution in [3.63, 3.8) is 0 Å². The smallest absolute Gasteiger partial charge is 0.236 e. The lowest BCUT2D eigenvalue weighted by Crippen LogP contribution is -2.46. The van der Waals surface area contributed by atoms with Crippen molar-refractivity contribution < 1.29 is 18.0 Å². The van der Waals surface area contributed by atoms with Gasteiger partial charge in [0.25, 0.3) is 0 Å². The van der Waals surface area contributed by atoms with Gasteiger partial charge >= 0.3 is 0 Å². The Balaban J connectivity index is 1.26. The van der Waals surface area contributed by atoms with Crippen LogP contribution in [0.3, 0.4) is 0 Å². The van der Waals surface area contributed by atoms with E-state index in [2.05, 4.69) is 0 Å². The molecule has 0 radical (unpaired) electrons. The zero-order valence-corrected chi connectivity index (χ0v) is 20.4. The normalized spacial score (nSPS) is 18.9. The first-order valence-corrected chi connectivity index (χ1v) is 13.5. The van der Waals surface area contributed by atoms with Crippen LogP contribution in [0.1, 0.15) is 47.2 Å². The molecule has 6 nitrogen and oxygen atoms in total. The van der Waals surface area contributed by atoms with Gasteiger partial charge in [0.05, 0.1) is 0 Å². The van der Waals surface area contributed by atoms with E-state index in [-0.39, 0.29) is 23.5 Å². The van der Waals surface area contributed by atoms with Gasteiger partial charge in [-0.3, -0.25) is 9.59 Å². The fourth-order valence-electron chi connectivity index (χ4n) is 4.75. The summed E-state index contributed by atoms with van der Waals surface area (Å²) in [5.74, 6) is 0.0522. The van der Waals surface area contributed by atoms with Crippen molar-refractivity contribution in [1.29, 1.82) is 0 Å². The van der Waals surface area contributed by atoms with E-state index in [1.165, 1.54) is 9.71 Å². The van der Waals surface area contributed by atoms with Gasteiger partial charge in [-0.25, -0.2) is 8.42 Å². The first-order chi connectivity index (χ1) is 16.3. The summed E-state index contributed by atoms with van der Waals surface area (Å²) in [5, 5.41) is 1.25. The van der Waals surface area contributed by atoms with Crippen molar-refractivity contribution in [2.75, 3.05) is 26.2 Å². The highest BCUT2D eigenvalue weighted by molar-refractivity contribution is 7.92. The molecule has 2 aromatic carbocycles. The van der Waals surface area contributed by atoms with Gasteiger partial charge in [-0.2, -0.15) is 4.31 Å². The Hall–Kier alpha value is -2.77. The molecule has 2 aliphatic rings. The van der Waals surface area contributed by atoms with Gasteiger partial charge in [0.2, 0.25) is 15.9 Å². The van der Waals surface area contributed by atoms with Crippen molar-refractivity contribution in [2.45, 2.75) is 32.6 Å². The van der Waals surface area contributed by atoms with E-state index < -0.39 is 10.0 Å². The fraction of sp³-hybridized carbons (Fsp3) is 0.407. The lowest BCUT2D eigenvalue weighted by Gasteiger charge is -2.36. The Labute approximate surface area is 202 Å². The fourth-order valence-corrected chi connectivity index (χ4v) is 5.97. The monoisotopic (exact) mass is 480 g/mol. The Bertz CT molecular complexity index is 1130. The van der Waals surface area contributed by atoms with Crippen LogP contribution in [0.5, 0.6) is 0 Å². The van der Waals surface area contributed by atoms with E-state index in [0.29, 0.717) is 51.9 Å². The molecule has 4 rings (SSSR count). The third-order valence-corrected chi connectivity index (χ3v) is 8.47. The number of piperidine rings is 2. The third kappa shape index (κ3) is 5.83. The average Bonchev–Trinajstić information content (AvgIpc) is 2.88. The van der Waals surface area contributed by atoms with Crippen molar-refractivity contribution in [2.24, 2.45) is 11.8 Å². The molecule has 0 saturated carbocycles. The predicted molar refractivity (Wildman–Crippen MR) is 134 cm³/mol. The molecule has 2 saturated heterocycles. The summed E-state index contributed by atoms with van der Waals surface area (Å²) in [4.78, 5) is 27.7. The molecule has 2 fully saturated rings. The summed E-state index contributed by atoms with van der Waals surface area (Å²) in [6.45, 7) is 3.86. The maximum Gasteiger partial charge on any atom is 0.236 e. The number of carbonyl (C=O) groups is 2. The summed E-state index contributed by atoms with van der Waals surface area (Å²) in [7, 11) is -3.51. The van der Waals surface area contributed by atoms with Gasteiger partial charge in [0.1, 0.15) is 0 Å². The van der Waals surface area contributed by atoms with Crippen LogP contribution in [-0.2, 0) is 14.8 Å². The van der Waals surface area contributed by atoms with Gasteiger partial charge in [0, 0.05) is 49.0 Å². The van der Waals surface area contributed by atoms with E-state index in [1.54, 1.807) is 6.08 Å². The van der Waals surface area contributed by atoms with Gasteiger partial charge in [0.15, 0.2) is 5.78 Å². The van der Waals surface area contributed by atoms with E-state index in [9.17, 15) is 18.0 Å². The summed E-state index contributed by atoms with van der Waals surface area (Å²) in [6, 6.07) is 17.0. The molecule has 0 aromatic heterocycles. The molecular weight excluding hydrogens is 448 g/mol. The SMILES string of the molecule is Cc1ccc(C(=O)C2CCN(C(=O)C3CCN(S(=O)(=O)/C=C/c4ccccc4)CC3)CC2)cc1. The minimum atomic E-state index is -3.51. The summed E-state index contributed by atoms with van der Waals surface area (Å²) >= 11 is 0. The standard InChI is InChI=1S/C27H32N2O4S/c1-21-7-9-23(10-8-21)26(30)24-11-16-28(17-12-24)27(31)25-13-18-29(19-14-25)34(32,33)20-15-22-5-3-2-4-6-22/h2-10,15,20,24-25H,11-14,16-19H2,1H3/b20-15+. The molecule has 0 atom stereocenters. The maximum absolute atomic E-state index is 13.1. The molecule has 0 N–H and O–H groups in total. The van der Waals surface area contributed by atoms with Gasteiger partial charge in [-0.1, -0.05) is 60.2 Å². The number of aryl methyl sites for hydroxylation is 1. The second-order valence-corrected chi connectivity index (χ2v) is 11.1. The van der Waals surface area contributed by atoms with Crippen LogP contribution in [0.15, 0.2) is 60.0 Å². The van der Waals surface area contributed by atoms with Gasteiger partial charge < -0.3 is 4.90 Å². The number of Topliss-reactive ketones (excluding diaryl/α,β-unsaturated/α-hetero) is 1. The highest BCUT2D eigenvalue weighted by atomic mass is 32.2. The lowest BCUT2D eigenvalue weighted by molar-refractivity contribution is -0.138. The van der Waals surface area contributed by atoms with E-state index in [0.717, 1.165) is 16.7 Å². The zero-order chi connectivity index (χ0) is 24.1. The van der Waals surface area contributed by atoms with Gasteiger partial charge in [-0.05, 0) is 44.2 Å². The second-order valence-electron chi connectivity index (χ2n) is 9.26. The number of rotatable bonds is 6. The second kappa shape index (κ2) is 10.7. The molecular formula is C27H32N2O4S. The van der Waals surface area contributed by atoms with E-state index in [4.69, 9.17) is 0 Å². The largest absolute Gasteiger partial charge is 0.342 e.